The van der Waals surface area contributed by atoms with Crippen molar-refractivity contribution in [3.8, 4) is 22.5 Å². The first kappa shape index (κ1) is 31.5. The van der Waals surface area contributed by atoms with Crippen LogP contribution < -0.4 is 11.1 Å². The van der Waals surface area contributed by atoms with Crippen LogP contribution >= 0.6 is 0 Å². The minimum absolute atomic E-state index is 0.395. The molecule has 57 heavy (non-hydrogen) atoms. The van der Waals surface area contributed by atoms with Crippen molar-refractivity contribution in [2.45, 2.75) is 0 Å². The van der Waals surface area contributed by atoms with Crippen LogP contribution in [0.5, 0.6) is 0 Å². The Hall–Kier alpha value is -7.90. The Balaban J connectivity index is 1.21. The van der Waals surface area contributed by atoms with Crippen LogP contribution in [-0.4, -0.2) is 19.1 Å². The van der Waals surface area contributed by atoms with Gasteiger partial charge < -0.3 is 8.98 Å². The van der Waals surface area contributed by atoms with Crippen molar-refractivity contribution >= 4 is 87.1 Å². The Morgan fingerprint density at radius 1 is 0.421 bits per heavy atom. The zero-order valence-electron chi connectivity index (χ0n) is 30.2. The molecule has 5 heterocycles. The van der Waals surface area contributed by atoms with E-state index < -0.39 is 11.1 Å². The van der Waals surface area contributed by atoms with Gasteiger partial charge in [0.05, 0.1) is 33.1 Å². The van der Waals surface area contributed by atoms with Crippen molar-refractivity contribution in [1.82, 2.24) is 19.1 Å². The van der Waals surface area contributed by atoms with Crippen LogP contribution in [0, 0.1) is 0 Å². The van der Waals surface area contributed by atoms with E-state index in [1.807, 2.05) is 121 Å². The maximum absolute atomic E-state index is 15.5. The summed E-state index contributed by atoms with van der Waals surface area (Å²) in [5, 5.41) is 7.59. The lowest BCUT2D eigenvalue weighted by Crippen LogP contribution is -2.28. The molecule has 0 saturated carbocycles. The maximum Gasteiger partial charge on any atom is 0.266 e. The zero-order chi connectivity index (χ0) is 37.8. The fourth-order valence-corrected chi connectivity index (χ4v) is 8.90. The average Bonchev–Trinajstić information content (AvgIpc) is 3.78. The predicted octanol–water partition coefficient (Wildman–Crippen LogP) is 11.3. The van der Waals surface area contributed by atoms with E-state index in [9.17, 15) is 0 Å². The topological polar surface area (TPSA) is 82.9 Å². The largest absolute Gasteiger partial charge is 0.456 e. The molecule has 266 valence electrons. The molecule has 0 aliphatic heterocycles. The number of pyridine rings is 2. The van der Waals surface area contributed by atoms with E-state index >= 15 is 9.59 Å². The van der Waals surface area contributed by atoms with E-state index in [2.05, 4.69) is 45.9 Å². The van der Waals surface area contributed by atoms with Gasteiger partial charge in [0, 0.05) is 55.8 Å². The van der Waals surface area contributed by atoms with Crippen molar-refractivity contribution < 1.29 is 4.42 Å². The molecule has 5 aromatic heterocycles. The molecule has 0 atom stereocenters. The molecule has 0 fully saturated rings. The molecule has 12 rings (SSSR count). The maximum atomic E-state index is 15.5. The van der Waals surface area contributed by atoms with Gasteiger partial charge in [0.25, 0.3) is 11.1 Å². The minimum Gasteiger partial charge on any atom is -0.456 e. The summed E-state index contributed by atoms with van der Waals surface area (Å²) in [6.45, 7) is 0. The lowest BCUT2D eigenvalue weighted by molar-refractivity contribution is 0.669. The van der Waals surface area contributed by atoms with Crippen LogP contribution in [0.1, 0.15) is 0 Å². The summed E-state index contributed by atoms with van der Waals surface area (Å²) >= 11 is 0. The van der Waals surface area contributed by atoms with Crippen LogP contribution in [-0.2, 0) is 0 Å². The van der Waals surface area contributed by atoms with E-state index in [4.69, 9.17) is 9.40 Å². The van der Waals surface area contributed by atoms with Crippen molar-refractivity contribution in [3.63, 3.8) is 0 Å². The lowest BCUT2D eigenvalue weighted by Gasteiger charge is -2.11. The fourth-order valence-electron chi connectivity index (χ4n) is 8.90. The highest BCUT2D eigenvalue weighted by atomic mass is 16.3. The number of hydrogen-bond acceptors (Lipinski definition) is 5. The second-order valence-electron chi connectivity index (χ2n) is 14.5. The third kappa shape index (κ3) is 4.48. The number of rotatable bonds is 3. The van der Waals surface area contributed by atoms with E-state index in [1.165, 1.54) is 4.57 Å². The molecule has 0 bridgehead atoms. The third-order valence-corrected chi connectivity index (χ3v) is 11.4. The SMILES string of the molecule is O=c1c2cc3c(cc2c2ccc4c(c5ccccc5n4-c4ccccc4)c2c(=O)n1-c1ccc(-c2cc4cccnc4c4ncccc24)cc1)oc1ccccc13. The van der Waals surface area contributed by atoms with Crippen molar-refractivity contribution in [2.75, 3.05) is 0 Å². The third-order valence-electron chi connectivity index (χ3n) is 11.4. The van der Waals surface area contributed by atoms with Crippen LogP contribution in [0.3, 0.4) is 0 Å². The summed E-state index contributed by atoms with van der Waals surface area (Å²) in [6, 6.07) is 51.7. The average molecular weight is 733 g/mol. The number of aromatic nitrogens is 4. The lowest BCUT2D eigenvalue weighted by atomic mass is 9.97. The van der Waals surface area contributed by atoms with Crippen molar-refractivity contribution in [2.24, 2.45) is 0 Å². The molecule has 0 aliphatic rings. The molecule has 12 aromatic rings. The summed E-state index contributed by atoms with van der Waals surface area (Å²) in [4.78, 5) is 40.0. The van der Waals surface area contributed by atoms with Gasteiger partial charge in [-0.15, -0.1) is 0 Å². The molecule has 0 aliphatic carbocycles. The number of hydrogen-bond donors (Lipinski definition) is 0. The second kappa shape index (κ2) is 11.8. The highest BCUT2D eigenvalue weighted by Crippen LogP contribution is 2.39. The predicted molar refractivity (Wildman–Crippen MR) is 231 cm³/mol. The summed E-state index contributed by atoms with van der Waals surface area (Å²) in [5.74, 6) is 0. The highest BCUT2D eigenvalue weighted by Gasteiger charge is 2.22. The number of furan rings is 1. The molecule has 0 N–H and O–H groups in total. The molecular formula is C50H28N4O3. The Labute approximate surface area is 322 Å². The van der Waals surface area contributed by atoms with Crippen LogP contribution in [0.2, 0.25) is 0 Å². The molecule has 7 heteroatoms. The van der Waals surface area contributed by atoms with Gasteiger partial charge in [-0.2, -0.15) is 0 Å². The first-order valence-corrected chi connectivity index (χ1v) is 18.8. The molecule has 7 nitrogen and oxygen atoms in total. The van der Waals surface area contributed by atoms with E-state index in [0.29, 0.717) is 32.8 Å². The highest BCUT2D eigenvalue weighted by molar-refractivity contribution is 6.26. The normalized spacial score (nSPS) is 12.0. The molecule has 7 aromatic carbocycles. The van der Waals surface area contributed by atoms with Gasteiger partial charge in [0.1, 0.15) is 11.2 Å². The number of para-hydroxylation sites is 3. The summed E-state index contributed by atoms with van der Waals surface area (Å²) in [5.41, 5.74) is 7.44. The van der Waals surface area contributed by atoms with Crippen molar-refractivity contribution in [3.05, 3.63) is 191 Å². The Bertz CT molecular complexity index is 3790. The monoisotopic (exact) mass is 732 g/mol. The van der Waals surface area contributed by atoms with Crippen molar-refractivity contribution in [1.29, 1.82) is 0 Å². The zero-order valence-corrected chi connectivity index (χ0v) is 30.2. The molecule has 0 saturated heterocycles. The minimum atomic E-state index is -0.405. The van der Waals surface area contributed by atoms with Gasteiger partial charge in [0.2, 0.25) is 0 Å². The first-order chi connectivity index (χ1) is 28.1. The van der Waals surface area contributed by atoms with E-state index in [-0.39, 0.29) is 0 Å². The number of benzene rings is 7. The molecule has 0 spiro atoms. The van der Waals surface area contributed by atoms with Gasteiger partial charge in [-0.25, -0.2) is 4.57 Å². The van der Waals surface area contributed by atoms with Crippen LogP contribution in [0.25, 0.3) is 110 Å². The van der Waals surface area contributed by atoms with Gasteiger partial charge in [0.15, 0.2) is 0 Å². The smallest absolute Gasteiger partial charge is 0.266 e. The molecular weight excluding hydrogens is 705 g/mol. The van der Waals surface area contributed by atoms with Gasteiger partial charge in [-0.05, 0) is 94.7 Å². The van der Waals surface area contributed by atoms with Crippen LogP contribution in [0.4, 0.5) is 0 Å². The number of nitrogens with zero attached hydrogens (tertiary/aromatic N) is 4. The standard InChI is InChI=1S/C50H28N4O3/c55-49-40-27-39-33-13-5-7-17-43(33)57-44(39)28-38(40)34-22-23-42-45(36-14-4-6-16-41(36)53(42)31-11-2-1-3-12-31)46(34)50(56)54(49)32-20-18-29(19-21-32)37-26-30-10-8-24-51-47(30)48-35(37)15-9-25-52-48/h1-28H. The van der Waals surface area contributed by atoms with E-state index in [1.54, 1.807) is 12.4 Å². The molecule has 0 radical (unpaired) electrons. The molecule has 0 unspecified atom stereocenters. The second-order valence-corrected chi connectivity index (χ2v) is 14.5. The molecule has 0 amide bonds. The summed E-state index contributed by atoms with van der Waals surface area (Å²) in [6.07, 6.45) is 3.56. The Kier molecular flexibility index (Phi) is 6.51. The summed E-state index contributed by atoms with van der Waals surface area (Å²) in [7, 11) is 0. The van der Waals surface area contributed by atoms with Gasteiger partial charge in [-0.1, -0.05) is 84.9 Å². The first-order valence-electron chi connectivity index (χ1n) is 18.8. The Morgan fingerprint density at radius 2 is 1.14 bits per heavy atom. The Morgan fingerprint density at radius 3 is 2.00 bits per heavy atom. The van der Waals surface area contributed by atoms with E-state index in [0.717, 1.165) is 76.8 Å². The number of fused-ring (bicyclic) bond motifs is 13. The summed E-state index contributed by atoms with van der Waals surface area (Å²) < 4.78 is 9.89. The van der Waals surface area contributed by atoms with Gasteiger partial charge in [-0.3, -0.25) is 19.6 Å². The quantitative estimate of drug-likeness (QED) is 0.169. The van der Waals surface area contributed by atoms with Gasteiger partial charge >= 0.3 is 0 Å². The van der Waals surface area contributed by atoms with Crippen LogP contribution in [0.15, 0.2) is 184 Å². The fraction of sp³-hybridized carbons (Fsp3) is 0.